The molecule has 7 nitrogen and oxygen atoms in total. The Kier molecular flexibility index (Phi) is 4.20. The van der Waals surface area contributed by atoms with Crippen LogP contribution < -0.4 is 14.5 Å². The molecule has 0 N–H and O–H groups in total. The van der Waals surface area contributed by atoms with E-state index in [1.54, 1.807) is 12.4 Å². The second kappa shape index (κ2) is 6.67. The number of ether oxygens (including phenoxy) is 1. The van der Waals surface area contributed by atoms with E-state index in [1.165, 1.54) is 0 Å². The quantitative estimate of drug-likeness (QED) is 0.715. The lowest BCUT2D eigenvalue weighted by molar-refractivity contribution is 0.290. The zero-order valence-electron chi connectivity index (χ0n) is 15.1. The topological polar surface area (TPSA) is 67.5 Å². The molecule has 0 saturated carbocycles. The Morgan fingerprint density at radius 1 is 1.23 bits per heavy atom. The summed E-state index contributed by atoms with van der Waals surface area (Å²) < 4.78 is 11.4. The van der Waals surface area contributed by atoms with Crippen molar-refractivity contribution < 1.29 is 9.26 Å². The van der Waals surface area contributed by atoms with Crippen LogP contribution in [0.2, 0.25) is 0 Å². The number of fused-ring (bicyclic) bond motifs is 1. The highest BCUT2D eigenvalue weighted by Gasteiger charge is 2.27. The smallest absolute Gasteiger partial charge is 0.249 e. The highest BCUT2D eigenvalue weighted by atomic mass is 16.5. The Labute approximate surface area is 152 Å². The van der Waals surface area contributed by atoms with Gasteiger partial charge in [-0.3, -0.25) is 4.98 Å². The summed E-state index contributed by atoms with van der Waals surface area (Å²) >= 11 is 0. The summed E-state index contributed by atoms with van der Waals surface area (Å²) in [5.41, 5.74) is 2.98. The lowest BCUT2D eigenvalue weighted by Crippen LogP contribution is -2.35. The molecule has 0 spiro atoms. The summed E-state index contributed by atoms with van der Waals surface area (Å²) in [4.78, 5) is 13.0. The van der Waals surface area contributed by atoms with Crippen LogP contribution in [-0.2, 0) is 0 Å². The number of anilines is 2. The van der Waals surface area contributed by atoms with Crippen molar-refractivity contribution in [1.29, 1.82) is 0 Å². The van der Waals surface area contributed by atoms with Gasteiger partial charge in [-0.05, 0) is 31.2 Å². The molecule has 0 amide bonds. The van der Waals surface area contributed by atoms with Crippen molar-refractivity contribution in [1.82, 2.24) is 15.1 Å². The van der Waals surface area contributed by atoms with Crippen LogP contribution in [0.25, 0.3) is 11.4 Å². The molecule has 1 aliphatic rings. The maximum absolute atomic E-state index is 5.86. The fourth-order valence-electron chi connectivity index (χ4n) is 3.06. The molecule has 134 valence electrons. The largest absolute Gasteiger partial charge is 0.489 e. The second-order valence-electron chi connectivity index (χ2n) is 6.46. The van der Waals surface area contributed by atoms with Gasteiger partial charge in [0.05, 0.1) is 12.2 Å². The average molecular weight is 351 g/mol. The molecule has 2 aromatic heterocycles. The summed E-state index contributed by atoms with van der Waals surface area (Å²) in [6.45, 7) is 3.45. The SMILES string of the molecule is C[C@H](c1nc(-c2cccnc2)no1)N1CCOc2cc(N(C)C)ccc21. The monoisotopic (exact) mass is 351 g/mol. The van der Waals surface area contributed by atoms with E-state index in [0.29, 0.717) is 18.3 Å². The first-order valence-electron chi connectivity index (χ1n) is 8.58. The second-order valence-corrected chi connectivity index (χ2v) is 6.46. The molecule has 0 radical (unpaired) electrons. The van der Waals surface area contributed by atoms with Crippen LogP contribution in [0.5, 0.6) is 5.75 Å². The molecule has 26 heavy (non-hydrogen) atoms. The fraction of sp³-hybridized carbons (Fsp3) is 0.316. The van der Waals surface area contributed by atoms with Gasteiger partial charge in [0.15, 0.2) is 0 Å². The number of rotatable bonds is 4. The van der Waals surface area contributed by atoms with Gasteiger partial charge in [-0.25, -0.2) is 0 Å². The number of hydrogen-bond donors (Lipinski definition) is 0. The first-order chi connectivity index (χ1) is 12.6. The maximum atomic E-state index is 5.86. The highest BCUT2D eigenvalue weighted by molar-refractivity contribution is 5.67. The molecule has 4 rings (SSSR count). The Hall–Kier alpha value is -3.09. The van der Waals surface area contributed by atoms with E-state index in [0.717, 1.165) is 29.2 Å². The number of hydrogen-bond acceptors (Lipinski definition) is 7. The Balaban J connectivity index is 1.62. The molecule has 0 aliphatic carbocycles. The third kappa shape index (κ3) is 2.96. The van der Waals surface area contributed by atoms with Crippen LogP contribution in [0.3, 0.4) is 0 Å². The van der Waals surface area contributed by atoms with Crippen LogP contribution in [-0.4, -0.2) is 42.4 Å². The predicted octanol–water partition coefficient (Wildman–Crippen LogP) is 3.16. The third-order valence-corrected chi connectivity index (χ3v) is 4.55. The van der Waals surface area contributed by atoms with Gasteiger partial charge in [0.25, 0.3) is 0 Å². The van der Waals surface area contributed by atoms with Gasteiger partial charge in [-0.1, -0.05) is 5.16 Å². The van der Waals surface area contributed by atoms with E-state index in [-0.39, 0.29) is 6.04 Å². The summed E-state index contributed by atoms with van der Waals surface area (Å²) in [6, 6.07) is 9.94. The lowest BCUT2D eigenvalue weighted by atomic mass is 10.1. The Bertz CT molecular complexity index is 894. The number of aromatic nitrogens is 3. The van der Waals surface area contributed by atoms with Crippen molar-refractivity contribution in [3.05, 3.63) is 48.6 Å². The zero-order chi connectivity index (χ0) is 18.1. The molecule has 0 fully saturated rings. The Morgan fingerprint density at radius 2 is 2.12 bits per heavy atom. The molecule has 1 aliphatic heterocycles. The minimum absolute atomic E-state index is 0.0548. The van der Waals surface area contributed by atoms with Crippen molar-refractivity contribution in [2.45, 2.75) is 13.0 Å². The summed E-state index contributed by atoms with van der Waals surface area (Å²) in [5.74, 6) is 2.01. The highest BCUT2D eigenvalue weighted by Crippen LogP contribution is 2.39. The molecule has 7 heteroatoms. The molecule has 0 bridgehead atoms. The summed E-state index contributed by atoms with van der Waals surface area (Å²) in [6.07, 6.45) is 3.45. The van der Waals surface area contributed by atoms with Gasteiger partial charge in [0.2, 0.25) is 11.7 Å². The minimum atomic E-state index is -0.0548. The van der Waals surface area contributed by atoms with E-state index in [2.05, 4.69) is 50.0 Å². The van der Waals surface area contributed by atoms with Crippen LogP contribution in [0.15, 0.2) is 47.2 Å². The van der Waals surface area contributed by atoms with E-state index in [4.69, 9.17) is 9.26 Å². The van der Waals surface area contributed by atoms with Crippen molar-refractivity contribution in [2.75, 3.05) is 37.0 Å². The van der Waals surface area contributed by atoms with Crippen molar-refractivity contribution in [2.24, 2.45) is 0 Å². The van der Waals surface area contributed by atoms with Gasteiger partial charge in [-0.15, -0.1) is 0 Å². The number of pyridine rings is 1. The molecular weight excluding hydrogens is 330 g/mol. The van der Waals surface area contributed by atoms with E-state index >= 15 is 0 Å². The normalized spacial score (nSPS) is 14.5. The van der Waals surface area contributed by atoms with Crippen molar-refractivity contribution in [3.8, 4) is 17.1 Å². The molecule has 0 unspecified atom stereocenters. The van der Waals surface area contributed by atoms with Gasteiger partial charge >= 0.3 is 0 Å². The first-order valence-corrected chi connectivity index (χ1v) is 8.58. The number of benzene rings is 1. The van der Waals surface area contributed by atoms with Gasteiger partial charge < -0.3 is 19.1 Å². The zero-order valence-corrected chi connectivity index (χ0v) is 15.1. The van der Waals surface area contributed by atoms with E-state index < -0.39 is 0 Å². The molecule has 3 heterocycles. The molecule has 1 aromatic carbocycles. The number of nitrogens with zero attached hydrogens (tertiary/aromatic N) is 5. The van der Waals surface area contributed by atoms with Crippen LogP contribution in [0.1, 0.15) is 18.9 Å². The molecule has 3 aromatic rings. The van der Waals surface area contributed by atoms with E-state index in [9.17, 15) is 0 Å². The lowest BCUT2D eigenvalue weighted by Gasteiger charge is -2.34. The van der Waals surface area contributed by atoms with Crippen LogP contribution in [0, 0.1) is 0 Å². The van der Waals surface area contributed by atoms with Crippen LogP contribution >= 0.6 is 0 Å². The predicted molar refractivity (Wildman–Crippen MR) is 99.6 cm³/mol. The maximum Gasteiger partial charge on any atom is 0.249 e. The summed E-state index contributed by atoms with van der Waals surface area (Å²) in [7, 11) is 4.03. The summed E-state index contributed by atoms with van der Waals surface area (Å²) in [5, 5.41) is 4.10. The van der Waals surface area contributed by atoms with Gasteiger partial charge in [0.1, 0.15) is 18.4 Å². The van der Waals surface area contributed by atoms with Crippen molar-refractivity contribution in [3.63, 3.8) is 0 Å². The van der Waals surface area contributed by atoms with Gasteiger partial charge in [-0.2, -0.15) is 4.98 Å². The molecule has 0 saturated heterocycles. The molecular formula is C19H21N5O2. The average Bonchev–Trinajstić information content (AvgIpc) is 3.17. The van der Waals surface area contributed by atoms with E-state index in [1.807, 2.05) is 26.2 Å². The first kappa shape index (κ1) is 16.4. The fourth-order valence-corrected chi connectivity index (χ4v) is 3.06. The molecule has 1 atom stereocenters. The standard InChI is InChI=1S/C19H21N5O2/c1-13(19-21-18(22-26-19)14-5-4-8-20-12-14)24-9-10-25-17-11-15(23(2)3)6-7-16(17)24/h4-8,11-13H,9-10H2,1-3H3/t13-/m1/s1. The van der Waals surface area contributed by atoms with Crippen LogP contribution in [0.4, 0.5) is 11.4 Å². The van der Waals surface area contributed by atoms with Gasteiger partial charge in [0, 0.05) is 43.8 Å². The minimum Gasteiger partial charge on any atom is -0.489 e. The van der Waals surface area contributed by atoms with Crippen molar-refractivity contribution >= 4 is 11.4 Å². The Morgan fingerprint density at radius 3 is 2.88 bits per heavy atom. The third-order valence-electron chi connectivity index (χ3n) is 4.55.